The molecule has 10 rings (SSSR count). The number of carbonyl (C=O) groups excluding carboxylic acids is 3. The number of ketones is 1. The first kappa shape index (κ1) is 64.2. The van der Waals surface area contributed by atoms with Gasteiger partial charge in [0.25, 0.3) is 11.7 Å². The molecule has 1 saturated carbocycles. The van der Waals surface area contributed by atoms with E-state index >= 15 is 4.39 Å². The standard InChI is InChI=1S/C43H58N4O12.C19H22FN3O4/c1-21-12-11-13-22(2)42(55)45-33-28(20-44-47-17-15-46(9)16-18-47)37(52)30-31(38(33)53)36(51)26(6)40-32(30)41(54)43(8,59-40)57-19-14-29(56-10)23(3)39(58-27(7)48)25(5)35(50)24(4)34(21)49;1-10-8-22(6-5-21-10)16-14(20)7-12-15(18(16)27-2)23(11-3-4-11)9-13(17(12)24)19(25)26/h11-14,19-21,23-25,29,34-35,39,49-53H,15-18H2,1-10H3,(H,45,55);7,9-11,21H,3-6,8H2,1-2H3,(H,25,26)/b12-11+,19-14+,22-13-,44-20+;/t21-,23+,24+,25+,29-,34-,35+,39+,43-;/m0./s1. The number of aliphatic hydroxyl groups excluding tert-OH is 2. The topological polar surface area (TPSA) is 304 Å². The molecule has 5 bridgehead atoms. The number of ether oxygens (including phenoxy) is 5. The van der Waals surface area contributed by atoms with Crippen molar-refractivity contribution in [3.8, 4) is 28.7 Å². The molecule has 8 N–H and O–H groups in total. The zero-order valence-electron chi connectivity index (χ0n) is 50.6. The number of nitrogens with zero attached hydrogens (tertiary/aromatic N) is 5. The van der Waals surface area contributed by atoms with Gasteiger partial charge in [0.2, 0.25) is 5.43 Å². The van der Waals surface area contributed by atoms with Crippen LogP contribution in [0.4, 0.5) is 15.8 Å². The van der Waals surface area contributed by atoms with Crippen LogP contribution in [0.3, 0.4) is 0 Å². The predicted molar refractivity (Wildman–Crippen MR) is 320 cm³/mol. The maximum atomic E-state index is 15.1. The highest BCUT2D eigenvalue weighted by Crippen LogP contribution is 2.55. The van der Waals surface area contributed by atoms with Crippen LogP contribution in [0.15, 0.2) is 58.3 Å². The number of allylic oxidation sites excluding steroid dienone is 2. The number of hydrogen-bond donors (Lipinski definition) is 8. The van der Waals surface area contributed by atoms with Gasteiger partial charge in [0, 0.05) is 125 Å². The van der Waals surface area contributed by atoms with Gasteiger partial charge in [-0.1, -0.05) is 45.9 Å². The van der Waals surface area contributed by atoms with Gasteiger partial charge in [-0.2, -0.15) is 5.10 Å². The fraction of sp³-hybridized carbons (Fsp3) is 0.516. The fourth-order valence-electron chi connectivity index (χ4n) is 11.8. The molecule has 1 aromatic heterocycles. The van der Waals surface area contributed by atoms with Crippen LogP contribution >= 0.6 is 0 Å². The van der Waals surface area contributed by atoms with Gasteiger partial charge in [0.1, 0.15) is 34.6 Å². The second-order valence-electron chi connectivity index (χ2n) is 23.4. The molecule has 1 unspecified atom stereocenters. The highest BCUT2D eigenvalue weighted by molar-refractivity contribution is 6.24. The molecule has 4 aromatic rings. The van der Waals surface area contributed by atoms with Gasteiger partial charge >= 0.3 is 17.7 Å². The van der Waals surface area contributed by atoms with Gasteiger partial charge in [-0.3, -0.25) is 24.2 Å². The Labute approximate surface area is 497 Å². The number of fused-ring (bicyclic) bond motifs is 15. The Hall–Kier alpha value is -7.77. The molecule has 3 aromatic carbocycles. The van der Waals surface area contributed by atoms with E-state index in [1.54, 1.807) is 49.4 Å². The van der Waals surface area contributed by atoms with Crippen molar-refractivity contribution in [2.24, 2.45) is 28.8 Å². The zero-order chi connectivity index (χ0) is 63.0. The minimum atomic E-state index is -2.04. The number of anilines is 2. The Morgan fingerprint density at radius 3 is 2.21 bits per heavy atom. The van der Waals surface area contributed by atoms with Gasteiger partial charge in [-0.25, -0.2) is 9.18 Å². The number of hydrazone groups is 1. The van der Waals surface area contributed by atoms with Crippen molar-refractivity contribution in [2.45, 2.75) is 117 Å². The molecule has 10 atom stereocenters. The molecule has 5 aliphatic heterocycles. The molecule has 86 heavy (non-hydrogen) atoms. The fourth-order valence-corrected chi connectivity index (χ4v) is 11.8. The van der Waals surface area contributed by atoms with Crippen LogP contribution in [0, 0.1) is 36.4 Å². The summed E-state index contributed by atoms with van der Waals surface area (Å²) in [5.74, 6) is -9.93. The van der Waals surface area contributed by atoms with Crippen molar-refractivity contribution in [1.82, 2.24) is 19.8 Å². The van der Waals surface area contributed by atoms with Crippen LogP contribution in [-0.2, 0) is 23.8 Å². The number of benzene rings is 3. The normalized spacial score (nSPS) is 28.3. The number of carbonyl (C=O) groups is 4. The van der Waals surface area contributed by atoms with Gasteiger partial charge in [-0.15, -0.1) is 0 Å². The number of nitrogens with one attached hydrogen (secondary N) is 2. The Morgan fingerprint density at radius 1 is 0.907 bits per heavy atom. The number of likely N-dealkylation sites (N-methyl/N-ethyl adjacent to an activating group) is 1. The van der Waals surface area contributed by atoms with Crippen LogP contribution in [0.2, 0.25) is 0 Å². The van der Waals surface area contributed by atoms with Crippen molar-refractivity contribution >= 4 is 62.9 Å². The third-order valence-corrected chi connectivity index (χ3v) is 17.1. The molecule has 466 valence electrons. The van der Waals surface area contributed by atoms with Gasteiger partial charge in [0.05, 0.1) is 71.0 Å². The molecular formula is C62H80FN7O16. The molecular weight excluding hydrogens is 1120 g/mol. The number of amides is 1. The van der Waals surface area contributed by atoms with Gasteiger partial charge < -0.3 is 79.3 Å². The number of aromatic nitrogens is 1. The molecule has 1 aliphatic carbocycles. The quantitative estimate of drug-likeness (QED) is 0.0414. The summed E-state index contributed by atoms with van der Waals surface area (Å²) in [4.78, 5) is 68.7. The van der Waals surface area contributed by atoms with E-state index in [0.29, 0.717) is 43.1 Å². The predicted octanol–water partition coefficient (Wildman–Crippen LogP) is 6.32. The third-order valence-electron chi connectivity index (χ3n) is 17.1. The van der Waals surface area contributed by atoms with Gasteiger partial charge in [0.15, 0.2) is 17.3 Å². The maximum Gasteiger partial charge on any atom is 0.341 e. The lowest BCUT2D eigenvalue weighted by atomic mass is 9.78. The number of phenols is 3. The summed E-state index contributed by atoms with van der Waals surface area (Å²) in [6, 6.07) is 1.45. The first-order chi connectivity index (χ1) is 40.6. The Morgan fingerprint density at radius 2 is 1.59 bits per heavy atom. The first-order valence-corrected chi connectivity index (χ1v) is 28.9. The summed E-state index contributed by atoms with van der Waals surface area (Å²) in [5.41, 5.74) is -0.587. The molecule has 3 fully saturated rings. The lowest BCUT2D eigenvalue weighted by molar-refractivity contribution is -0.160. The van der Waals surface area contributed by atoms with Crippen molar-refractivity contribution < 1.29 is 77.9 Å². The number of methoxy groups -OCH3 is 2. The average Bonchev–Trinajstić information content (AvgIpc) is 1.53. The third kappa shape index (κ3) is 12.7. The number of pyridine rings is 1. The van der Waals surface area contributed by atoms with Crippen molar-refractivity contribution in [2.75, 3.05) is 77.3 Å². The van der Waals surface area contributed by atoms with Crippen LogP contribution < -0.4 is 30.4 Å². The van der Waals surface area contributed by atoms with E-state index in [1.165, 1.54) is 72.7 Å². The van der Waals surface area contributed by atoms with Crippen LogP contribution in [0.25, 0.3) is 21.7 Å². The van der Waals surface area contributed by atoms with Crippen molar-refractivity contribution in [3.63, 3.8) is 0 Å². The van der Waals surface area contributed by atoms with E-state index in [0.717, 1.165) is 38.5 Å². The van der Waals surface area contributed by atoms with E-state index in [1.807, 2.05) is 18.9 Å². The number of aliphatic hydroxyl groups is 2. The number of esters is 1. The number of Topliss-reactive ketones (excluding diaryl/α,β-unsaturated/α-hetero) is 1. The number of aromatic hydroxyl groups is 3. The van der Waals surface area contributed by atoms with Crippen LogP contribution in [0.5, 0.6) is 28.7 Å². The SMILES string of the molecule is CO[C@H]1/C=C/O[C@@]2(C)Oc3c(C)c(O)c4c(O)c(c(/C=N/N5CCN(C)CC5)c(O)c4c3C2=O)NC(=O)/C(C)=C\C=C\[C@H](C)[C@H](O)[C@@H](C)[C@@H](O)[C@@H](C)[C@H](OC(C)=O)[C@@H]1C.COc1c(N2CCNC(C)C2)c(F)cc2c(=O)c(C(=O)O)cn(C3CC3)c12. The number of piperazine rings is 2. The molecule has 0 spiro atoms. The number of halogens is 1. The zero-order valence-corrected chi connectivity index (χ0v) is 50.6. The number of carboxylic acid groups (broad SMARTS) is 1. The largest absolute Gasteiger partial charge is 0.507 e. The summed E-state index contributed by atoms with van der Waals surface area (Å²) < 4.78 is 46.1. The number of phenolic OH excluding ortho intramolecular Hbond substituents is 3. The first-order valence-electron chi connectivity index (χ1n) is 28.9. The summed E-state index contributed by atoms with van der Waals surface area (Å²) >= 11 is 0. The highest BCUT2D eigenvalue weighted by Gasteiger charge is 2.50. The second-order valence-corrected chi connectivity index (χ2v) is 23.4. The Balaban J connectivity index is 0.000000294. The smallest absolute Gasteiger partial charge is 0.341 e. The monoisotopic (exact) mass is 1200 g/mol. The number of hydrogen-bond acceptors (Lipinski definition) is 20. The maximum absolute atomic E-state index is 15.1. The number of rotatable bonds is 8. The molecule has 23 nitrogen and oxygen atoms in total. The minimum absolute atomic E-state index is 0.0445. The Kier molecular flexibility index (Phi) is 19.5. The molecule has 0 radical (unpaired) electrons. The van der Waals surface area contributed by atoms with E-state index in [-0.39, 0.29) is 67.5 Å². The summed E-state index contributed by atoms with van der Waals surface area (Å²) in [6.45, 7) is 19.1. The Bertz CT molecular complexity index is 3480. The molecule has 24 heteroatoms. The van der Waals surface area contributed by atoms with E-state index in [9.17, 15) is 54.6 Å². The highest BCUT2D eigenvalue weighted by atomic mass is 19.1. The lowest BCUT2D eigenvalue weighted by Gasteiger charge is -2.38. The lowest BCUT2D eigenvalue weighted by Crippen LogP contribution is -2.49. The number of aromatic carboxylic acids is 1. The minimum Gasteiger partial charge on any atom is -0.507 e. The van der Waals surface area contributed by atoms with Crippen LogP contribution in [-0.4, -0.2) is 178 Å². The van der Waals surface area contributed by atoms with Crippen LogP contribution in [0.1, 0.15) is 106 Å². The molecule has 1 amide bonds. The van der Waals surface area contributed by atoms with E-state index in [4.69, 9.17) is 23.7 Å². The molecule has 2 saturated heterocycles. The summed E-state index contributed by atoms with van der Waals surface area (Å²) in [7, 11) is 4.88. The summed E-state index contributed by atoms with van der Waals surface area (Å²) in [5, 5.41) is 79.6. The van der Waals surface area contributed by atoms with Crippen molar-refractivity contribution in [3.05, 3.63) is 86.7 Å². The summed E-state index contributed by atoms with van der Waals surface area (Å²) in [6.07, 6.45) is 8.00. The van der Waals surface area contributed by atoms with Crippen molar-refractivity contribution in [1.29, 1.82) is 0 Å². The molecule has 6 aliphatic rings. The van der Waals surface area contributed by atoms with Gasteiger partial charge in [-0.05, 0) is 52.8 Å². The number of carboxylic acids is 1. The van der Waals surface area contributed by atoms with E-state index < -0.39 is 106 Å². The van der Waals surface area contributed by atoms with E-state index in [2.05, 4.69) is 20.6 Å². The average molecular weight is 1200 g/mol. The second kappa shape index (κ2) is 26.1. The molecule has 6 heterocycles.